The van der Waals surface area contributed by atoms with Gasteiger partial charge in [-0.05, 0) is 32.4 Å². The molecular weight excluding hydrogens is 246 g/mol. The summed E-state index contributed by atoms with van der Waals surface area (Å²) in [5.41, 5.74) is 2.46. The van der Waals surface area contributed by atoms with Crippen molar-refractivity contribution in [2.24, 2.45) is 0 Å². The lowest BCUT2D eigenvalue weighted by molar-refractivity contribution is 0.306. The maximum Gasteiger partial charge on any atom is 0.0703 e. The van der Waals surface area contributed by atoms with Crippen molar-refractivity contribution in [3.63, 3.8) is 0 Å². The van der Waals surface area contributed by atoms with Crippen LogP contribution in [-0.2, 0) is 0 Å². The van der Waals surface area contributed by atoms with Gasteiger partial charge in [-0.15, -0.1) is 0 Å². The molecular formula is C17H23N3. The highest BCUT2D eigenvalue weighted by molar-refractivity contribution is 5.81. The fourth-order valence-electron chi connectivity index (χ4n) is 3.00. The van der Waals surface area contributed by atoms with Gasteiger partial charge in [-0.25, -0.2) is 0 Å². The number of benzene rings is 1. The molecule has 0 aliphatic carbocycles. The SMILES string of the molecule is CCC1CNC(C)(C)CN1c1cnc2ccccc2c1. The summed E-state index contributed by atoms with van der Waals surface area (Å²) >= 11 is 0. The summed E-state index contributed by atoms with van der Waals surface area (Å²) in [4.78, 5) is 7.12. The van der Waals surface area contributed by atoms with Gasteiger partial charge >= 0.3 is 0 Å². The largest absolute Gasteiger partial charge is 0.364 e. The second kappa shape index (κ2) is 5.06. The van der Waals surface area contributed by atoms with Gasteiger partial charge in [0.15, 0.2) is 0 Å². The van der Waals surface area contributed by atoms with E-state index < -0.39 is 0 Å². The van der Waals surface area contributed by atoms with E-state index in [9.17, 15) is 0 Å². The van der Waals surface area contributed by atoms with E-state index in [1.165, 1.54) is 11.1 Å². The minimum absolute atomic E-state index is 0.150. The van der Waals surface area contributed by atoms with Crippen molar-refractivity contribution in [3.8, 4) is 0 Å². The van der Waals surface area contributed by atoms with E-state index >= 15 is 0 Å². The number of fused-ring (bicyclic) bond motifs is 1. The van der Waals surface area contributed by atoms with E-state index in [0.717, 1.165) is 25.0 Å². The molecule has 0 bridgehead atoms. The number of hydrogen-bond donors (Lipinski definition) is 1. The van der Waals surface area contributed by atoms with E-state index in [1.807, 2.05) is 12.3 Å². The van der Waals surface area contributed by atoms with Gasteiger partial charge in [0.2, 0.25) is 0 Å². The zero-order chi connectivity index (χ0) is 14.2. The molecule has 3 nitrogen and oxygen atoms in total. The van der Waals surface area contributed by atoms with Gasteiger partial charge in [0.1, 0.15) is 0 Å². The van der Waals surface area contributed by atoms with E-state index in [4.69, 9.17) is 0 Å². The minimum atomic E-state index is 0.150. The molecule has 1 aromatic heterocycles. The van der Waals surface area contributed by atoms with Crippen molar-refractivity contribution >= 4 is 16.6 Å². The van der Waals surface area contributed by atoms with Crippen LogP contribution in [-0.4, -0.2) is 29.7 Å². The van der Waals surface area contributed by atoms with Crippen molar-refractivity contribution < 1.29 is 0 Å². The fourth-order valence-corrected chi connectivity index (χ4v) is 3.00. The molecule has 0 radical (unpaired) electrons. The van der Waals surface area contributed by atoms with E-state index in [2.05, 4.69) is 60.2 Å². The first-order chi connectivity index (χ1) is 9.59. The molecule has 3 heteroatoms. The van der Waals surface area contributed by atoms with Gasteiger partial charge in [0, 0.05) is 30.1 Å². The molecule has 0 saturated carbocycles. The Morgan fingerprint density at radius 1 is 1.35 bits per heavy atom. The predicted octanol–water partition coefficient (Wildman–Crippen LogP) is 3.20. The normalized spacial score (nSPS) is 22.1. The second-order valence-electron chi connectivity index (χ2n) is 6.34. The van der Waals surface area contributed by atoms with E-state index in [-0.39, 0.29) is 5.54 Å². The molecule has 1 N–H and O–H groups in total. The van der Waals surface area contributed by atoms with Crippen LogP contribution in [0.3, 0.4) is 0 Å². The summed E-state index contributed by atoms with van der Waals surface area (Å²) in [6, 6.07) is 11.1. The minimum Gasteiger partial charge on any atom is -0.364 e. The van der Waals surface area contributed by atoms with Crippen molar-refractivity contribution in [2.75, 3.05) is 18.0 Å². The summed E-state index contributed by atoms with van der Waals surface area (Å²) in [5, 5.41) is 4.85. The van der Waals surface area contributed by atoms with Crippen molar-refractivity contribution in [1.82, 2.24) is 10.3 Å². The molecule has 1 atom stereocenters. The smallest absolute Gasteiger partial charge is 0.0703 e. The number of pyridine rings is 1. The topological polar surface area (TPSA) is 28.2 Å². The Hall–Kier alpha value is -1.61. The van der Waals surface area contributed by atoms with Gasteiger partial charge in [-0.3, -0.25) is 4.98 Å². The first-order valence-electron chi connectivity index (χ1n) is 7.45. The van der Waals surface area contributed by atoms with Gasteiger partial charge in [0.05, 0.1) is 17.4 Å². The van der Waals surface area contributed by atoms with Gasteiger partial charge in [0.25, 0.3) is 0 Å². The third-order valence-corrected chi connectivity index (χ3v) is 4.20. The number of nitrogens with one attached hydrogen (secondary N) is 1. The highest BCUT2D eigenvalue weighted by Gasteiger charge is 2.31. The summed E-state index contributed by atoms with van der Waals surface area (Å²) in [7, 11) is 0. The van der Waals surface area contributed by atoms with Crippen LogP contribution in [0.2, 0.25) is 0 Å². The standard InChI is InChI=1S/C17H23N3/c1-4-14-11-19-17(2,3)12-20(14)15-9-13-7-5-6-8-16(13)18-10-15/h5-10,14,19H,4,11-12H2,1-3H3. The molecule has 1 aliphatic rings. The Morgan fingerprint density at radius 3 is 2.95 bits per heavy atom. The summed E-state index contributed by atoms with van der Waals surface area (Å²) in [5.74, 6) is 0. The number of anilines is 1. The molecule has 1 unspecified atom stereocenters. The molecule has 1 aromatic carbocycles. The van der Waals surface area contributed by atoms with Gasteiger partial charge < -0.3 is 10.2 Å². The van der Waals surface area contributed by atoms with Crippen LogP contribution >= 0.6 is 0 Å². The predicted molar refractivity (Wildman–Crippen MR) is 85.2 cm³/mol. The Labute approximate surface area is 121 Å². The van der Waals surface area contributed by atoms with Crippen molar-refractivity contribution in [1.29, 1.82) is 0 Å². The Kier molecular flexibility index (Phi) is 3.38. The van der Waals surface area contributed by atoms with Crippen LogP contribution in [0, 0.1) is 0 Å². The maximum absolute atomic E-state index is 4.61. The third-order valence-electron chi connectivity index (χ3n) is 4.20. The molecule has 0 amide bonds. The number of piperazine rings is 1. The molecule has 2 aromatic rings. The summed E-state index contributed by atoms with van der Waals surface area (Å²) in [6.45, 7) is 8.84. The molecule has 1 saturated heterocycles. The summed E-state index contributed by atoms with van der Waals surface area (Å²) in [6.07, 6.45) is 3.17. The molecule has 3 rings (SSSR count). The van der Waals surface area contributed by atoms with Crippen LogP contribution in [0.1, 0.15) is 27.2 Å². The van der Waals surface area contributed by atoms with E-state index in [0.29, 0.717) is 6.04 Å². The lowest BCUT2D eigenvalue weighted by Crippen LogP contribution is -2.61. The van der Waals surface area contributed by atoms with Crippen LogP contribution < -0.4 is 10.2 Å². The fraction of sp³-hybridized carbons (Fsp3) is 0.471. The monoisotopic (exact) mass is 269 g/mol. The lowest BCUT2D eigenvalue weighted by Gasteiger charge is -2.45. The van der Waals surface area contributed by atoms with Crippen LogP contribution in [0.5, 0.6) is 0 Å². The average Bonchev–Trinajstić information content (AvgIpc) is 2.46. The number of aromatic nitrogens is 1. The van der Waals surface area contributed by atoms with Crippen LogP contribution in [0.25, 0.3) is 10.9 Å². The highest BCUT2D eigenvalue weighted by atomic mass is 15.3. The maximum atomic E-state index is 4.61. The number of para-hydroxylation sites is 1. The molecule has 1 fully saturated rings. The summed E-state index contributed by atoms with van der Waals surface area (Å²) < 4.78 is 0. The third kappa shape index (κ3) is 2.50. The van der Waals surface area contributed by atoms with E-state index in [1.54, 1.807) is 0 Å². The first-order valence-corrected chi connectivity index (χ1v) is 7.45. The quantitative estimate of drug-likeness (QED) is 0.907. The zero-order valence-electron chi connectivity index (χ0n) is 12.6. The Morgan fingerprint density at radius 2 is 2.15 bits per heavy atom. The highest BCUT2D eigenvalue weighted by Crippen LogP contribution is 2.26. The van der Waals surface area contributed by atoms with Crippen LogP contribution in [0.15, 0.2) is 36.5 Å². The second-order valence-corrected chi connectivity index (χ2v) is 6.34. The average molecular weight is 269 g/mol. The zero-order valence-corrected chi connectivity index (χ0v) is 12.6. The number of rotatable bonds is 2. The molecule has 106 valence electrons. The van der Waals surface area contributed by atoms with Crippen molar-refractivity contribution in [3.05, 3.63) is 36.5 Å². The molecule has 20 heavy (non-hydrogen) atoms. The molecule has 1 aliphatic heterocycles. The Bertz CT molecular complexity index is 606. The first kappa shape index (κ1) is 13.4. The number of nitrogens with zero attached hydrogens (tertiary/aromatic N) is 2. The lowest BCUT2D eigenvalue weighted by atomic mass is 9.97. The van der Waals surface area contributed by atoms with Crippen LogP contribution in [0.4, 0.5) is 5.69 Å². The van der Waals surface area contributed by atoms with Gasteiger partial charge in [-0.2, -0.15) is 0 Å². The van der Waals surface area contributed by atoms with Gasteiger partial charge in [-0.1, -0.05) is 25.1 Å². The number of hydrogen-bond acceptors (Lipinski definition) is 3. The molecule has 2 heterocycles. The van der Waals surface area contributed by atoms with Crippen molar-refractivity contribution in [2.45, 2.75) is 38.8 Å². The molecule has 0 spiro atoms. The Balaban J connectivity index is 1.98.